The van der Waals surface area contributed by atoms with E-state index >= 15 is 0 Å². The van der Waals surface area contributed by atoms with E-state index in [1.165, 1.54) is 16.9 Å². The molecule has 0 bridgehead atoms. The molecule has 1 aromatic heterocycles. The Morgan fingerprint density at radius 2 is 2.04 bits per heavy atom. The van der Waals surface area contributed by atoms with Gasteiger partial charge in [-0.05, 0) is 42.3 Å². The van der Waals surface area contributed by atoms with Gasteiger partial charge < -0.3 is 9.47 Å². The molecule has 6 nitrogen and oxygen atoms in total. The van der Waals surface area contributed by atoms with Crippen molar-refractivity contribution in [2.24, 2.45) is 5.10 Å². The van der Waals surface area contributed by atoms with Gasteiger partial charge in [0.2, 0.25) is 6.79 Å². The molecule has 4 rings (SSSR count). The Morgan fingerprint density at radius 3 is 2.81 bits per heavy atom. The van der Waals surface area contributed by atoms with E-state index in [1.54, 1.807) is 0 Å². The summed E-state index contributed by atoms with van der Waals surface area (Å²) in [5.74, 6) is 1.43. The summed E-state index contributed by atoms with van der Waals surface area (Å²) in [6.45, 7) is 2.34. The highest BCUT2D eigenvalue weighted by atomic mass is 32.1. The Kier molecular flexibility index (Phi) is 4.73. The first kappa shape index (κ1) is 17.1. The van der Waals surface area contributed by atoms with Crippen LogP contribution in [0.2, 0.25) is 0 Å². The average Bonchev–Trinajstić information content (AvgIpc) is 3.38. The zero-order valence-corrected chi connectivity index (χ0v) is 15.4. The minimum atomic E-state index is 0.233. The van der Waals surface area contributed by atoms with Crippen LogP contribution in [0.5, 0.6) is 11.5 Å². The van der Waals surface area contributed by atoms with Gasteiger partial charge in [0.15, 0.2) is 22.2 Å². The van der Waals surface area contributed by atoms with Gasteiger partial charge in [0.1, 0.15) is 6.07 Å². The molecule has 0 amide bonds. The zero-order valence-electron chi connectivity index (χ0n) is 14.6. The van der Waals surface area contributed by atoms with Crippen molar-refractivity contribution in [2.45, 2.75) is 13.3 Å². The zero-order chi connectivity index (χ0) is 18.6. The molecule has 0 saturated heterocycles. The second kappa shape index (κ2) is 7.48. The second-order valence-electron chi connectivity index (χ2n) is 5.84. The van der Waals surface area contributed by atoms with E-state index in [0.717, 1.165) is 29.1 Å². The van der Waals surface area contributed by atoms with E-state index in [2.05, 4.69) is 28.5 Å². The van der Waals surface area contributed by atoms with Crippen molar-refractivity contribution in [3.05, 3.63) is 58.4 Å². The lowest BCUT2D eigenvalue weighted by molar-refractivity contribution is 0.174. The van der Waals surface area contributed by atoms with Gasteiger partial charge in [-0.15, -0.1) is 11.3 Å². The number of hydrogen-bond donors (Lipinski definition) is 1. The van der Waals surface area contributed by atoms with E-state index < -0.39 is 0 Å². The van der Waals surface area contributed by atoms with Crippen molar-refractivity contribution in [1.82, 2.24) is 4.98 Å². The summed E-state index contributed by atoms with van der Waals surface area (Å²) in [4.78, 5) is 4.55. The lowest BCUT2D eigenvalue weighted by atomic mass is 10.1. The molecule has 3 aromatic rings. The Balaban J connectivity index is 1.54. The Bertz CT molecular complexity index is 1030. The van der Waals surface area contributed by atoms with Crippen LogP contribution < -0.4 is 14.9 Å². The summed E-state index contributed by atoms with van der Waals surface area (Å²) < 4.78 is 10.7. The van der Waals surface area contributed by atoms with E-state index in [4.69, 9.17) is 9.47 Å². The van der Waals surface area contributed by atoms with Crippen LogP contribution in [0.25, 0.3) is 11.3 Å². The number of nitrogens with zero attached hydrogens (tertiary/aromatic N) is 3. The molecule has 1 N–H and O–H groups in total. The molecule has 0 aliphatic carbocycles. The van der Waals surface area contributed by atoms with Gasteiger partial charge >= 0.3 is 0 Å². The van der Waals surface area contributed by atoms with Crippen LogP contribution in [-0.4, -0.2) is 17.5 Å². The number of rotatable bonds is 5. The van der Waals surface area contributed by atoms with Crippen molar-refractivity contribution in [1.29, 1.82) is 5.26 Å². The maximum Gasteiger partial charge on any atom is 0.231 e. The third-order valence-electron chi connectivity index (χ3n) is 4.14. The van der Waals surface area contributed by atoms with Gasteiger partial charge in [0.25, 0.3) is 0 Å². The molecule has 2 aromatic carbocycles. The van der Waals surface area contributed by atoms with Crippen molar-refractivity contribution < 1.29 is 9.47 Å². The SMILES string of the molecule is CCc1ccc(NN=C(C#N)c2nc(-c3ccc4c(c3)OCO4)cs2)cc1. The molecule has 2 heterocycles. The molecular weight excluding hydrogens is 360 g/mol. The highest BCUT2D eigenvalue weighted by molar-refractivity contribution is 7.12. The largest absolute Gasteiger partial charge is 0.454 e. The van der Waals surface area contributed by atoms with Crippen molar-refractivity contribution in [3.63, 3.8) is 0 Å². The number of anilines is 1. The highest BCUT2D eigenvalue weighted by Gasteiger charge is 2.16. The first-order valence-electron chi connectivity index (χ1n) is 8.45. The predicted molar refractivity (Wildman–Crippen MR) is 105 cm³/mol. The summed E-state index contributed by atoms with van der Waals surface area (Å²) in [5.41, 5.74) is 6.91. The fourth-order valence-electron chi connectivity index (χ4n) is 2.63. The monoisotopic (exact) mass is 376 g/mol. The highest BCUT2D eigenvalue weighted by Crippen LogP contribution is 2.36. The van der Waals surface area contributed by atoms with Crippen LogP contribution in [0.1, 0.15) is 17.5 Å². The number of ether oxygens (including phenoxy) is 2. The number of hydrogen-bond acceptors (Lipinski definition) is 7. The molecule has 1 aliphatic heterocycles. The quantitative estimate of drug-likeness (QED) is 0.526. The molecule has 0 spiro atoms. The third-order valence-corrected chi connectivity index (χ3v) is 4.99. The molecule has 0 unspecified atom stereocenters. The van der Waals surface area contributed by atoms with Crippen LogP contribution in [0, 0.1) is 11.3 Å². The molecule has 7 heteroatoms. The second-order valence-corrected chi connectivity index (χ2v) is 6.70. The van der Waals surface area contributed by atoms with E-state index in [0.29, 0.717) is 10.8 Å². The number of fused-ring (bicyclic) bond motifs is 1. The van der Waals surface area contributed by atoms with Crippen LogP contribution in [0.4, 0.5) is 5.69 Å². The smallest absolute Gasteiger partial charge is 0.231 e. The maximum absolute atomic E-state index is 9.46. The van der Waals surface area contributed by atoms with Crippen LogP contribution in [-0.2, 0) is 6.42 Å². The van der Waals surface area contributed by atoms with E-state index in [9.17, 15) is 5.26 Å². The molecule has 27 heavy (non-hydrogen) atoms. The average molecular weight is 376 g/mol. The topological polar surface area (TPSA) is 79.5 Å². The lowest BCUT2D eigenvalue weighted by Crippen LogP contribution is -2.01. The Labute approximate surface area is 160 Å². The van der Waals surface area contributed by atoms with Gasteiger partial charge in [-0.3, -0.25) is 5.43 Å². The number of hydrazone groups is 1. The first-order chi connectivity index (χ1) is 13.3. The molecule has 1 aliphatic rings. The standard InChI is InChI=1S/C20H16N4O2S/c1-2-13-3-6-15(7-4-13)23-24-16(10-21)20-22-17(11-27-20)14-5-8-18-19(9-14)26-12-25-18/h3-9,11,23H,2,12H2,1H3. The Hall–Kier alpha value is -3.37. The van der Waals surface area contributed by atoms with E-state index in [1.807, 2.05) is 47.8 Å². The summed E-state index contributed by atoms with van der Waals surface area (Å²) in [7, 11) is 0. The number of benzene rings is 2. The summed E-state index contributed by atoms with van der Waals surface area (Å²) in [5, 5.41) is 16.1. The fourth-order valence-corrected chi connectivity index (χ4v) is 3.39. The third kappa shape index (κ3) is 3.61. The van der Waals surface area contributed by atoms with Crippen molar-refractivity contribution in [2.75, 3.05) is 12.2 Å². The number of thiazole rings is 1. The predicted octanol–water partition coefficient (Wildman–Crippen LogP) is 4.44. The van der Waals surface area contributed by atoms with Gasteiger partial charge in [-0.1, -0.05) is 19.1 Å². The summed E-state index contributed by atoms with van der Waals surface area (Å²) in [6.07, 6.45) is 0.981. The maximum atomic E-state index is 9.46. The van der Waals surface area contributed by atoms with Crippen molar-refractivity contribution in [3.8, 4) is 28.8 Å². The van der Waals surface area contributed by atoms with Gasteiger partial charge in [0, 0.05) is 10.9 Å². The summed E-state index contributed by atoms with van der Waals surface area (Å²) in [6, 6.07) is 15.7. The molecule has 0 atom stereocenters. The number of nitriles is 1. The van der Waals surface area contributed by atoms with Crippen LogP contribution >= 0.6 is 11.3 Å². The van der Waals surface area contributed by atoms with Crippen LogP contribution in [0.3, 0.4) is 0 Å². The molecular formula is C20H16N4O2S. The Morgan fingerprint density at radius 1 is 1.22 bits per heavy atom. The van der Waals surface area contributed by atoms with Gasteiger partial charge in [-0.2, -0.15) is 10.4 Å². The van der Waals surface area contributed by atoms with Crippen LogP contribution in [0.15, 0.2) is 52.9 Å². The first-order valence-corrected chi connectivity index (χ1v) is 9.33. The van der Waals surface area contributed by atoms with E-state index in [-0.39, 0.29) is 12.5 Å². The lowest BCUT2D eigenvalue weighted by Gasteiger charge is -2.02. The summed E-state index contributed by atoms with van der Waals surface area (Å²) >= 11 is 1.38. The molecule has 0 radical (unpaired) electrons. The number of nitrogens with one attached hydrogen (secondary N) is 1. The van der Waals surface area contributed by atoms with Gasteiger partial charge in [0.05, 0.1) is 11.4 Å². The number of aryl methyl sites for hydroxylation is 1. The molecule has 0 saturated carbocycles. The van der Waals surface area contributed by atoms with Gasteiger partial charge in [-0.25, -0.2) is 4.98 Å². The molecule has 0 fully saturated rings. The molecule has 134 valence electrons. The normalized spacial score (nSPS) is 12.7. The minimum Gasteiger partial charge on any atom is -0.454 e. The van der Waals surface area contributed by atoms with Crippen molar-refractivity contribution >= 4 is 22.7 Å². The fraction of sp³-hybridized carbons (Fsp3) is 0.150. The number of aromatic nitrogens is 1. The minimum absolute atomic E-state index is 0.233.